The summed E-state index contributed by atoms with van der Waals surface area (Å²) in [4.78, 5) is 50.3. The Hall–Kier alpha value is -4.01. The number of nitrogens with one attached hydrogen (secondary N) is 1. The van der Waals surface area contributed by atoms with Crippen LogP contribution in [0.2, 0.25) is 0 Å². The van der Waals surface area contributed by atoms with Crippen molar-refractivity contribution in [3.8, 4) is 11.5 Å². The summed E-state index contributed by atoms with van der Waals surface area (Å²) in [6.45, 7) is 4.21. The zero-order chi connectivity index (χ0) is 22.3. The van der Waals surface area contributed by atoms with Gasteiger partial charge in [0, 0.05) is 26.1 Å². The highest BCUT2D eigenvalue weighted by molar-refractivity contribution is 6.06. The van der Waals surface area contributed by atoms with Crippen molar-refractivity contribution in [3.63, 3.8) is 0 Å². The molecule has 30 heavy (non-hydrogen) atoms. The van der Waals surface area contributed by atoms with E-state index in [1.807, 2.05) is 0 Å². The number of ether oxygens (including phenoxy) is 2. The van der Waals surface area contributed by atoms with Gasteiger partial charge in [0.05, 0.1) is 16.9 Å². The minimum atomic E-state index is -1.18. The van der Waals surface area contributed by atoms with Crippen LogP contribution in [-0.2, 0) is 20.8 Å². The van der Waals surface area contributed by atoms with Gasteiger partial charge in [0.25, 0.3) is 0 Å². The number of carbonyl (C=O) groups excluding carboxylic acids is 3. The van der Waals surface area contributed by atoms with Crippen molar-refractivity contribution in [3.05, 3.63) is 53.4 Å². The highest BCUT2D eigenvalue weighted by atomic mass is 16.6. The van der Waals surface area contributed by atoms with Crippen LogP contribution in [0.4, 0.5) is 5.69 Å². The van der Waals surface area contributed by atoms with Gasteiger partial charge in [-0.15, -0.1) is 0 Å². The van der Waals surface area contributed by atoms with Gasteiger partial charge >= 0.3 is 17.9 Å². The summed E-state index contributed by atoms with van der Waals surface area (Å²) >= 11 is 0. The Bertz CT molecular complexity index is 1030. The van der Waals surface area contributed by atoms with Crippen LogP contribution < -0.4 is 14.8 Å². The first-order valence-electron chi connectivity index (χ1n) is 8.92. The van der Waals surface area contributed by atoms with Gasteiger partial charge in [0.1, 0.15) is 0 Å². The van der Waals surface area contributed by atoms with E-state index in [9.17, 15) is 24.3 Å². The lowest BCUT2D eigenvalue weighted by Gasteiger charge is -2.11. The lowest BCUT2D eigenvalue weighted by atomic mass is 10.1. The summed E-state index contributed by atoms with van der Waals surface area (Å²) < 4.78 is 10.0. The van der Waals surface area contributed by atoms with Gasteiger partial charge in [-0.3, -0.25) is 19.4 Å². The second-order valence-electron chi connectivity index (χ2n) is 6.05. The van der Waals surface area contributed by atoms with Crippen molar-refractivity contribution in [2.75, 3.05) is 5.32 Å². The van der Waals surface area contributed by atoms with E-state index in [1.165, 1.54) is 50.4 Å². The largest absolute Gasteiger partial charge is 0.478 e. The van der Waals surface area contributed by atoms with Gasteiger partial charge in [0.2, 0.25) is 5.91 Å². The number of amides is 1. The van der Waals surface area contributed by atoms with Crippen molar-refractivity contribution >= 4 is 35.6 Å². The van der Waals surface area contributed by atoms with E-state index < -0.39 is 23.8 Å². The highest BCUT2D eigenvalue weighted by Crippen LogP contribution is 2.29. The molecule has 2 aromatic rings. The zero-order valence-electron chi connectivity index (χ0n) is 16.6. The summed E-state index contributed by atoms with van der Waals surface area (Å²) in [5.74, 6) is -2.85. The summed E-state index contributed by atoms with van der Waals surface area (Å²) in [5, 5.41) is 11.9. The average Bonchev–Trinajstić information content (AvgIpc) is 2.67. The fourth-order valence-corrected chi connectivity index (χ4v) is 2.53. The number of carbonyl (C=O) groups is 4. The lowest BCUT2D eigenvalue weighted by Crippen LogP contribution is -2.15. The molecule has 0 radical (unpaired) electrons. The van der Waals surface area contributed by atoms with Crippen molar-refractivity contribution in [1.82, 2.24) is 4.98 Å². The number of anilines is 1. The van der Waals surface area contributed by atoms with Crippen molar-refractivity contribution in [2.45, 2.75) is 27.2 Å². The Labute approximate surface area is 172 Å². The molecule has 0 fully saturated rings. The Balaban J connectivity index is 2.26. The highest BCUT2D eigenvalue weighted by Gasteiger charge is 2.16. The van der Waals surface area contributed by atoms with Crippen molar-refractivity contribution < 1.29 is 33.8 Å². The molecule has 0 atom stereocenters. The van der Waals surface area contributed by atoms with Crippen LogP contribution in [0, 0.1) is 0 Å². The monoisotopic (exact) mass is 412 g/mol. The van der Waals surface area contributed by atoms with Gasteiger partial charge in [-0.25, -0.2) is 4.79 Å². The smallest absolute Gasteiger partial charge is 0.337 e. The second kappa shape index (κ2) is 9.97. The number of hydrogen-bond acceptors (Lipinski definition) is 7. The number of aromatic nitrogens is 1. The minimum Gasteiger partial charge on any atom is -0.478 e. The average molecular weight is 412 g/mol. The Morgan fingerprint density at radius 2 is 1.73 bits per heavy atom. The molecule has 2 rings (SSSR count). The molecular formula is C21H20N2O7. The number of aromatic carboxylic acids is 1. The van der Waals surface area contributed by atoms with E-state index in [1.54, 1.807) is 13.0 Å². The SMILES string of the molecule is CCc1nccc(C(=O)O)c1NC(=O)C=Cc1ccc(OC(C)=O)c(OC(C)=O)c1. The van der Waals surface area contributed by atoms with Crippen molar-refractivity contribution in [1.29, 1.82) is 0 Å². The van der Waals surface area contributed by atoms with E-state index in [4.69, 9.17) is 9.47 Å². The number of rotatable bonds is 7. The third-order valence-corrected chi connectivity index (χ3v) is 3.75. The summed E-state index contributed by atoms with van der Waals surface area (Å²) in [5.41, 5.74) is 0.997. The molecule has 0 saturated heterocycles. The lowest BCUT2D eigenvalue weighted by molar-refractivity contribution is -0.134. The molecule has 156 valence electrons. The molecule has 2 N–H and O–H groups in total. The maximum Gasteiger partial charge on any atom is 0.337 e. The number of carboxylic acids is 1. The molecule has 0 saturated carbocycles. The fourth-order valence-electron chi connectivity index (χ4n) is 2.53. The molecule has 1 aromatic heterocycles. The molecule has 0 aliphatic heterocycles. The van der Waals surface area contributed by atoms with Gasteiger partial charge in [-0.2, -0.15) is 0 Å². The van der Waals surface area contributed by atoms with E-state index in [0.29, 0.717) is 17.7 Å². The summed E-state index contributed by atoms with van der Waals surface area (Å²) in [6, 6.07) is 5.71. The van der Waals surface area contributed by atoms with Crippen molar-refractivity contribution in [2.24, 2.45) is 0 Å². The molecule has 0 bridgehead atoms. The summed E-state index contributed by atoms with van der Waals surface area (Å²) in [7, 11) is 0. The standard InChI is InChI=1S/C21H20N2O7/c1-4-16-20(15(21(27)28)9-10-22-16)23-19(26)8-6-14-5-7-17(29-12(2)24)18(11-14)30-13(3)25/h5-11H,4H2,1-3H3,(H,23,26)(H,27,28). The Morgan fingerprint density at radius 1 is 1.07 bits per heavy atom. The minimum absolute atomic E-state index is 0.0222. The predicted molar refractivity (Wildman–Crippen MR) is 107 cm³/mol. The maximum atomic E-state index is 12.3. The van der Waals surface area contributed by atoms with Gasteiger partial charge < -0.3 is 19.9 Å². The molecule has 1 heterocycles. The molecule has 0 aliphatic rings. The topological polar surface area (TPSA) is 132 Å². The normalized spacial score (nSPS) is 10.5. The first-order chi connectivity index (χ1) is 14.2. The molecule has 0 spiro atoms. The van der Waals surface area contributed by atoms with E-state index in [0.717, 1.165) is 0 Å². The number of nitrogens with zero attached hydrogens (tertiary/aromatic N) is 1. The first kappa shape index (κ1) is 22.3. The first-order valence-corrected chi connectivity index (χ1v) is 8.92. The number of benzene rings is 1. The summed E-state index contributed by atoms with van der Waals surface area (Å²) in [6.07, 6.45) is 4.43. The molecule has 9 heteroatoms. The maximum absolute atomic E-state index is 12.3. The van der Waals surface area contributed by atoms with Gasteiger partial charge in [-0.05, 0) is 36.3 Å². The van der Waals surface area contributed by atoms with Gasteiger partial charge in [0.15, 0.2) is 11.5 Å². The number of carboxylic acid groups (broad SMARTS) is 1. The number of aryl methyl sites for hydroxylation is 1. The van der Waals surface area contributed by atoms with Crippen LogP contribution in [-0.4, -0.2) is 33.9 Å². The third kappa shape index (κ3) is 5.99. The van der Waals surface area contributed by atoms with Crippen LogP contribution in [0.1, 0.15) is 42.4 Å². The zero-order valence-corrected chi connectivity index (χ0v) is 16.6. The van der Waals surface area contributed by atoms with Crippen LogP contribution in [0.25, 0.3) is 6.08 Å². The quantitative estimate of drug-likeness (QED) is 0.403. The molecule has 1 amide bonds. The number of pyridine rings is 1. The van der Waals surface area contributed by atoms with Crippen LogP contribution >= 0.6 is 0 Å². The molecule has 1 aromatic carbocycles. The molecule has 0 aliphatic carbocycles. The fraction of sp³-hybridized carbons (Fsp3) is 0.190. The number of esters is 2. The molecular weight excluding hydrogens is 392 g/mol. The third-order valence-electron chi connectivity index (χ3n) is 3.75. The Kier molecular flexibility index (Phi) is 7.40. The van der Waals surface area contributed by atoms with Crippen LogP contribution in [0.15, 0.2) is 36.5 Å². The predicted octanol–water partition coefficient (Wildman–Crippen LogP) is 2.84. The van der Waals surface area contributed by atoms with E-state index >= 15 is 0 Å². The Morgan fingerprint density at radius 3 is 2.33 bits per heavy atom. The number of hydrogen-bond donors (Lipinski definition) is 2. The van der Waals surface area contributed by atoms with E-state index in [2.05, 4.69) is 10.3 Å². The molecule has 0 unspecified atom stereocenters. The molecule has 9 nitrogen and oxygen atoms in total. The van der Waals surface area contributed by atoms with E-state index in [-0.39, 0.29) is 22.7 Å². The second-order valence-corrected chi connectivity index (χ2v) is 6.05. The van der Waals surface area contributed by atoms with Crippen LogP contribution in [0.3, 0.4) is 0 Å². The van der Waals surface area contributed by atoms with Gasteiger partial charge in [-0.1, -0.05) is 13.0 Å². The van der Waals surface area contributed by atoms with Crippen LogP contribution in [0.5, 0.6) is 11.5 Å².